The van der Waals surface area contributed by atoms with Gasteiger partial charge in [0.2, 0.25) is 0 Å². The Bertz CT molecular complexity index is 5320. The van der Waals surface area contributed by atoms with Crippen LogP contribution in [-0.2, 0) is 0 Å². The van der Waals surface area contributed by atoms with Crippen LogP contribution in [0.5, 0.6) is 0 Å². The molecule has 0 saturated heterocycles. The lowest BCUT2D eigenvalue weighted by atomic mass is 9.83. The molecule has 0 aliphatic carbocycles. The Balaban J connectivity index is 0.808. The Labute approximate surface area is 460 Å². The lowest BCUT2D eigenvalue weighted by Gasteiger charge is -2.19. The first kappa shape index (κ1) is 44.6. The van der Waals surface area contributed by atoms with Gasteiger partial charge in [-0.25, -0.2) is 0 Å². The van der Waals surface area contributed by atoms with E-state index in [9.17, 15) is 0 Å². The van der Waals surface area contributed by atoms with Crippen LogP contribution in [0.1, 0.15) is 0 Å². The summed E-state index contributed by atoms with van der Waals surface area (Å²) < 4.78 is 13.8. The Morgan fingerprint density at radius 2 is 0.562 bits per heavy atom. The van der Waals surface area contributed by atoms with E-state index in [4.69, 9.17) is 8.83 Å². The highest BCUT2D eigenvalue weighted by Gasteiger charge is 2.24. The maximum Gasteiger partial charge on any atom is 0.143 e. The van der Waals surface area contributed by atoms with Gasteiger partial charge in [0.15, 0.2) is 0 Å². The molecule has 2 aromatic heterocycles. The second-order valence-electron chi connectivity index (χ2n) is 21.3. The average Bonchev–Trinajstić information content (AvgIpc) is 4.12. The smallest absolute Gasteiger partial charge is 0.143 e. The minimum absolute atomic E-state index is 0.865. The first-order chi connectivity index (χ1) is 39.7. The monoisotopic (exact) mass is 1010 g/mol. The summed E-state index contributed by atoms with van der Waals surface area (Å²) in [4.78, 5) is 0. The summed E-state index contributed by atoms with van der Waals surface area (Å²) >= 11 is 0. The van der Waals surface area contributed by atoms with Crippen LogP contribution < -0.4 is 0 Å². The molecule has 0 N–H and O–H groups in total. The molecule has 0 unspecified atom stereocenters. The summed E-state index contributed by atoms with van der Waals surface area (Å²) in [5.41, 5.74) is 17.6. The molecule has 2 heteroatoms. The van der Waals surface area contributed by atoms with Gasteiger partial charge in [-0.15, -0.1) is 0 Å². The van der Waals surface area contributed by atoms with Crippen molar-refractivity contribution in [2.24, 2.45) is 0 Å². The van der Waals surface area contributed by atoms with Crippen LogP contribution in [0.15, 0.2) is 288 Å². The molecule has 370 valence electrons. The number of benzene rings is 15. The molecule has 0 spiro atoms. The average molecular weight is 1020 g/mol. The van der Waals surface area contributed by atoms with Crippen molar-refractivity contribution in [1.82, 2.24) is 0 Å². The van der Waals surface area contributed by atoms with Crippen molar-refractivity contribution in [2.45, 2.75) is 0 Å². The van der Waals surface area contributed by atoms with Crippen molar-refractivity contribution in [3.05, 3.63) is 279 Å². The van der Waals surface area contributed by atoms with Crippen LogP contribution in [0.2, 0.25) is 0 Å². The standard InChI is InChI=1S/C78H46O2/c1-2-25-52-50(20-1)46-69(55-27-4-3-26-54(52)55)75-63-35-11-9-33-61(63)74(62-34-10-12-36-64(62)75)67-40-18-41-68-76-53(37-19-43-71(76)80-78(67)68)49-23-15-21-47(44-49)48-22-16-24-51(45-48)72-57-29-5-7-31-59(57)73(60-32-8-6-30-58(60)72)66-39-17-38-65-56-28-13-14-42-70(56)79-77(65)66/h1-46H. The predicted octanol–water partition coefficient (Wildman–Crippen LogP) is 22.4. The van der Waals surface area contributed by atoms with Gasteiger partial charge >= 0.3 is 0 Å². The van der Waals surface area contributed by atoms with Crippen molar-refractivity contribution < 1.29 is 8.83 Å². The van der Waals surface area contributed by atoms with Crippen LogP contribution >= 0.6 is 0 Å². The number of furan rings is 2. The first-order valence-electron chi connectivity index (χ1n) is 27.6. The van der Waals surface area contributed by atoms with Crippen LogP contribution in [0.3, 0.4) is 0 Å². The normalized spacial score (nSPS) is 12.0. The molecule has 2 heterocycles. The van der Waals surface area contributed by atoms with Gasteiger partial charge in [-0.3, -0.25) is 0 Å². The second kappa shape index (κ2) is 17.5. The molecular formula is C78H46O2. The van der Waals surface area contributed by atoms with E-state index in [1.165, 1.54) is 98.0 Å². The summed E-state index contributed by atoms with van der Waals surface area (Å²) in [6.45, 7) is 0. The molecule has 0 saturated carbocycles. The number of hydrogen-bond acceptors (Lipinski definition) is 2. The predicted molar refractivity (Wildman–Crippen MR) is 339 cm³/mol. The second-order valence-corrected chi connectivity index (χ2v) is 21.3. The SMILES string of the molecule is c1cc(-c2cccc(-c3cccc4oc5c(-c6c7ccccc7c(-c7cc8ccccc8c8ccccc78)c7ccccc67)cccc5c34)c2)cc(-c2c3ccccc3c(-c3cccc4c3oc3ccccc34)c3ccccc23)c1. The summed E-state index contributed by atoms with van der Waals surface area (Å²) in [5, 5.41) is 19.1. The van der Waals surface area contributed by atoms with Gasteiger partial charge in [0.1, 0.15) is 22.3 Å². The Morgan fingerprint density at radius 3 is 1.18 bits per heavy atom. The first-order valence-corrected chi connectivity index (χ1v) is 27.6. The van der Waals surface area contributed by atoms with Crippen LogP contribution in [0.4, 0.5) is 0 Å². The molecule has 0 fully saturated rings. The molecule has 15 aromatic carbocycles. The van der Waals surface area contributed by atoms with Gasteiger partial charge in [0.25, 0.3) is 0 Å². The zero-order valence-corrected chi connectivity index (χ0v) is 43.4. The third-order valence-corrected chi connectivity index (χ3v) is 17.0. The zero-order chi connectivity index (χ0) is 52.4. The number of para-hydroxylation sites is 3. The topological polar surface area (TPSA) is 26.3 Å². The Hall–Kier alpha value is -10.5. The molecule has 0 amide bonds. The lowest BCUT2D eigenvalue weighted by molar-refractivity contribution is 0.670. The van der Waals surface area contributed by atoms with Gasteiger partial charge in [0, 0.05) is 43.8 Å². The maximum absolute atomic E-state index is 7.13. The maximum atomic E-state index is 7.13. The highest BCUT2D eigenvalue weighted by Crippen LogP contribution is 2.51. The van der Waals surface area contributed by atoms with Gasteiger partial charge in [-0.2, -0.15) is 0 Å². The minimum Gasteiger partial charge on any atom is -0.455 e. The van der Waals surface area contributed by atoms with Gasteiger partial charge in [-0.05, 0) is 139 Å². The fraction of sp³-hybridized carbons (Fsp3) is 0. The van der Waals surface area contributed by atoms with Gasteiger partial charge < -0.3 is 8.83 Å². The largest absolute Gasteiger partial charge is 0.455 e. The summed E-state index contributed by atoms with van der Waals surface area (Å²) in [5.74, 6) is 0. The van der Waals surface area contributed by atoms with Crippen LogP contribution in [0.25, 0.3) is 175 Å². The quantitative estimate of drug-likeness (QED) is 0.123. The van der Waals surface area contributed by atoms with Crippen molar-refractivity contribution in [2.75, 3.05) is 0 Å². The molecule has 80 heavy (non-hydrogen) atoms. The fourth-order valence-electron chi connectivity index (χ4n) is 13.6. The molecular weight excluding hydrogens is 969 g/mol. The molecule has 2 nitrogen and oxygen atoms in total. The molecule has 17 rings (SSSR count). The van der Waals surface area contributed by atoms with E-state index in [0.717, 1.165) is 77.3 Å². The number of fused-ring (bicyclic) bond motifs is 13. The fourth-order valence-corrected chi connectivity index (χ4v) is 13.6. The van der Waals surface area contributed by atoms with E-state index in [1.54, 1.807) is 0 Å². The van der Waals surface area contributed by atoms with E-state index < -0.39 is 0 Å². The molecule has 0 bridgehead atoms. The molecule has 0 radical (unpaired) electrons. The highest BCUT2D eigenvalue weighted by molar-refractivity contribution is 6.29. The number of rotatable bonds is 6. The lowest BCUT2D eigenvalue weighted by Crippen LogP contribution is -1.92. The van der Waals surface area contributed by atoms with E-state index in [2.05, 4.69) is 273 Å². The molecule has 0 atom stereocenters. The van der Waals surface area contributed by atoms with Gasteiger partial charge in [0.05, 0.1) is 0 Å². The van der Waals surface area contributed by atoms with Crippen LogP contribution in [-0.4, -0.2) is 0 Å². The van der Waals surface area contributed by atoms with Crippen molar-refractivity contribution in [3.8, 4) is 66.8 Å². The third-order valence-electron chi connectivity index (χ3n) is 17.0. The van der Waals surface area contributed by atoms with Gasteiger partial charge in [-0.1, -0.05) is 249 Å². The van der Waals surface area contributed by atoms with E-state index in [1.807, 2.05) is 6.07 Å². The van der Waals surface area contributed by atoms with E-state index in [0.29, 0.717) is 0 Å². The summed E-state index contributed by atoms with van der Waals surface area (Å²) in [6.07, 6.45) is 0. The summed E-state index contributed by atoms with van der Waals surface area (Å²) in [7, 11) is 0. The zero-order valence-electron chi connectivity index (χ0n) is 43.4. The molecule has 17 aromatic rings. The minimum atomic E-state index is 0.865. The Kier molecular flexibility index (Phi) is 9.75. The van der Waals surface area contributed by atoms with Crippen molar-refractivity contribution in [3.63, 3.8) is 0 Å². The Morgan fingerprint density at radius 1 is 0.188 bits per heavy atom. The summed E-state index contributed by atoms with van der Waals surface area (Å²) in [6, 6.07) is 102. The van der Waals surface area contributed by atoms with E-state index >= 15 is 0 Å². The van der Waals surface area contributed by atoms with Crippen molar-refractivity contribution >= 4 is 109 Å². The highest BCUT2D eigenvalue weighted by atomic mass is 16.3. The molecule has 0 aliphatic rings. The molecule has 0 aliphatic heterocycles. The van der Waals surface area contributed by atoms with Crippen molar-refractivity contribution in [1.29, 1.82) is 0 Å². The third kappa shape index (κ3) is 6.60. The van der Waals surface area contributed by atoms with E-state index in [-0.39, 0.29) is 0 Å². The number of hydrogen-bond donors (Lipinski definition) is 0. The van der Waals surface area contributed by atoms with Crippen LogP contribution in [0, 0.1) is 0 Å².